The van der Waals surface area contributed by atoms with Crippen LogP contribution in [0.25, 0.3) is 0 Å². The third-order valence-electron chi connectivity index (χ3n) is 3.61. The molecule has 120 valence electrons. The van der Waals surface area contributed by atoms with Crippen molar-refractivity contribution in [3.05, 3.63) is 47.0 Å². The predicted octanol–water partition coefficient (Wildman–Crippen LogP) is 2.93. The molecule has 1 heterocycles. The second-order valence-electron chi connectivity index (χ2n) is 5.57. The highest BCUT2D eigenvalue weighted by Crippen LogP contribution is 2.10. The van der Waals surface area contributed by atoms with Crippen molar-refractivity contribution in [3.8, 4) is 0 Å². The molecule has 0 saturated carbocycles. The van der Waals surface area contributed by atoms with Gasteiger partial charge >= 0.3 is 0 Å². The fraction of sp³-hybridized carbons (Fsp3) is 0.500. The first-order chi connectivity index (χ1) is 10.6. The van der Waals surface area contributed by atoms with Gasteiger partial charge in [-0.25, -0.2) is 4.68 Å². The van der Waals surface area contributed by atoms with Gasteiger partial charge in [0.05, 0.1) is 13.3 Å². The Bertz CT molecular complexity index is 621. The number of ether oxygens (including phenoxy) is 1. The maximum Gasteiger partial charge on any atom is 0.198 e. The lowest BCUT2D eigenvalue weighted by Gasteiger charge is -2.26. The van der Waals surface area contributed by atoms with E-state index in [0.717, 1.165) is 17.9 Å². The predicted molar refractivity (Wildman–Crippen MR) is 90.0 cm³/mol. The van der Waals surface area contributed by atoms with Gasteiger partial charge in [-0.2, -0.15) is 5.10 Å². The first kappa shape index (κ1) is 16.9. The molecular weight excluding hydrogens is 296 g/mol. The summed E-state index contributed by atoms with van der Waals surface area (Å²) >= 11 is 5.49. The molecule has 2 rings (SSSR count). The van der Waals surface area contributed by atoms with Gasteiger partial charge in [-0.15, -0.1) is 0 Å². The Kier molecular flexibility index (Phi) is 6.30. The molecule has 0 fully saturated rings. The lowest BCUT2D eigenvalue weighted by atomic mass is 10.2. The molecule has 0 saturated heterocycles. The minimum Gasteiger partial charge on any atom is -0.383 e. The number of methoxy groups -OCH3 is 1. The first-order valence-electron chi connectivity index (χ1n) is 7.51. The summed E-state index contributed by atoms with van der Waals surface area (Å²) < 4.78 is 9.64. The molecule has 0 aliphatic heterocycles. The zero-order valence-electron chi connectivity index (χ0n) is 13.5. The molecule has 0 bridgehead atoms. The van der Waals surface area contributed by atoms with Gasteiger partial charge in [0.25, 0.3) is 0 Å². The molecule has 0 N–H and O–H groups in total. The van der Waals surface area contributed by atoms with Gasteiger partial charge in [0.2, 0.25) is 0 Å². The molecule has 5 nitrogen and oxygen atoms in total. The Hall–Kier alpha value is -1.50. The molecule has 1 aromatic carbocycles. The molecule has 1 aromatic heterocycles. The van der Waals surface area contributed by atoms with Crippen LogP contribution in [0.15, 0.2) is 36.7 Å². The second kappa shape index (κ2) is 8.22. The first-order valence-corrected chi connectivity index (χ1v) is 7.91. The van der Waals surface area contributed by atoms with E-state index in [9.17, 15) is 0 Å². The zero-order valence-corrected chi connectivity index (χ0v) is 14.3. The Morgan fingerprint density at radius 2 is 2.00 bits per heavy atom. The molecule has 0 amide bonds. The number of hydrogen-bond acceptors (Lipinski definition) is 4. The molecule has 22 heavy (non-hydrogen) atoms. The number of nitrogens with zero attached hydrogens (tertiary/aromatic N) is 4. The fourth-order valence-corrected chi connectivity index (χ4v) is 2.44. The van der Waals surface area contributed by atoms with E-state index in [4.69, 9.17) is 17.0 Å². The van der Waals surface area contributed by atoms with Gasteiger partial charge in [-0.3, -0.25) is 4.90 Å². The molecular formula is C16H24N4OS. The quantitative estimate of drug-likeness (QED) is 0.701. The Morgan fingerprint density at radius 3 is 2.64 bits per heavy atom. The van der Waals surface area contributed by atoms with Crippen LogP contribution in [0.4, 0.5) is 0 Å². The van der Waals surface area contributed by atoms with E-state index in [1.807, 2.05) is 15.3 Å². The highest BCUT2D eigenvalue weighted by Gasteiger charge is 2.12. The number of aromatic nitrogens is 3. The summed E-state index contributed by atoms with van der Waals surface area (Å²) in [6.07, 6.45) is 1.78. The zero-order chi connectivity index (χ0) is 15.9. The van der Waals surface area contributed by atoms with Crippen molar-refractivity contribution in [2.45, 2.75) is 39.6 Å². The minimum absolute atomic E-state index is 0.409. The molecule has 0 atom stereocenters. The van der Waals surface area contributed by atoms with Crippen LogP contribution in [0.3, 0.4) is 0 Å². The van der Waals surface area contributed by atoms with E-state index in [-0.39, 0.29) is 0 Å². The van der Waals surface area contributed by atoms with E-state index in [1.54, 1.807) is 13.4 Å². The normalized spacial score (nSPS) is 11.5. The number of hydrogen-bond donors (Lipinski definition) is 0. The van der Waals surface area contributed by atoms with Crippen LogP contribution in [0, 0.1) is 4.77 Å². The van der Waals surface area contributed by atoms with Crippen LogP contribution in [-0.2, 0) is 24.5 Å². The van der Waals surface area contributed by atoms with Crippen LogP contribution in [0.2, 0.25) is 0 Å². The summed E-state index contributed by atoms with van der Waals surface area (Å²) in [5, 5.41) is 4.41. The monoisotopic (exact) mass is 320 g/mol. The molecule has 0 aliphatic carbocycles. The van der Waals surface area contributed by atoms with E-state index in [1.165, 1.54) is 5.56 Å². The molecule has 0 spiro atoms. The van der Waals surface area contributed by atoms with Crippen molar-refractivity contribution >= 4 is 12.2 Å². The van der Waals surface area contributed by atoms with E-state index in [0.29, 0.717) is 19.3 Å². The van der Waals surface area contributed by atoms with Gasteiger partial charge in [0.15, 0.2) is 4.77 Å². The maximum absolute atomic E-state index is 5.49. The Morgan fingerprint density at radius 1 is 1.27 bits per heavy atom. The van der Waals surface area contributed by atoms with Crippen molar-refractivity contribution in [2.24, 2.45) is 0 Å². The van der Waals surface area contributed by atoms with Gasteiger partial charge in [-0.1, -0.05) is 30.3 Å². The van der Waals surface area contributed by atoms with Crippen LogP contribution < -0.4 is 0 Å². The summed E-state index contributed by atoms with van der Waals surface area (Å²) in [5.41, 5.74) is 1.29. The van der Waals surface area contributed by atoms with Crippen molar-refractivity contribution in [1.29, 1.82) is 0 Å². The number of benzene rings is 1. The molecule has 2 aromatic rings. The maximum atomic E-state index is 5.49. The lowest BCUT2D eigenvalue weighted by Crippen LogP contribution is -2.33. The lowest BCUT2D eigenvalue weighted by molar-refractivity contribution is 0.152. The van der Waals surface area contributed by atoms with Gasteiger partial charge in [0.1, 0.15) is 6.33 Å². The second-order valence-corrected chi connectivity index (χ2v) is 5.93. The van der Waals surface area contributed by atoms with Crippen LogP contribution in [-0.4, -0.2) is 39.0 Å². The number of rotatable bonds is 8. The van der Waals surface area contributed by atoms with Crippen LogP contribution in [0.1, 0.15) is 19.4 Å². The fourth-order valence-electron chi connectivity index (χ4n) is 2.20. The average molecular weight is 320 g/mol. The Labute approximate surface area is 137 Å². The van der Waals surface area contributed by atoms with E-state index < -0.39 is 0 Å². The van der Waals surface area contributed by atoms with Crippen molar-refractivity contribution in [3.63, 3.8) is 0 Å². The largest absolute Gasteiger partial charge is 0.383 e. The molecule has 0 aliphatic rings. The summed E-state index contributed by atoms with van der Waals surface area (Å²) in [4.78, 5) is 2.35. The average Bonchev–Trinajstić information content (AvgIpc) is 2.86. The summed E-state index contributed by atoms with van der Waals surface area (Å²) in [6.45, 7) is 7.31. The summed E-state index contributed by atoms with van der Waals surface area (Å²) in [5.74, 6) is 0. The summed E-state index contributed by atoms with van der Waals surface area (Å²) in [7, 11) is 1.69. The smallest absolute Gasteiger partial charge is 0.198 e. The Balaban J connectivity index is 2.08. The van der Waals surface area contributed by atoms with Crippen LogP contribution >= 0.6 is 12.2 Å². The van der Waals surface area contributed by atoms with Crippen LogP contribution in [0.5, 0.6) is 0 Å². The van der Waals surface area contributed by atoms with E-state index >= 15 is 0 Å². The van der Waals surface area contributed by atoms with Crippen molar-refractivity contribution < 1.29 is 4.74 Å². The summed E-state index contributed by atoms with van der Waals surface area (Å²) in [6, 6.07) is 10.9. The molecule has 6 heteroatoms. The standard InChI is InChI=1S/C16H24N4OS/c1-14(2)19(11-15-7-5-4-6-8-15)13-20-16(22)18(12-17-20)9-10-21-3/h4-8,12,14H,9-11,13H2,1-3H3. The van der Waals surface area contributed by atoms with Gasteiger partial charge in [-0.05, 0) is 31.6 Å². The SMILES string of the molecule is COCCn1cnn(CN(Cc2ccccc2)C(C)C)c1=S. The van der Waals surface area contributed by atoms with Crippen molar-refractivity contribution in [2.75, 3.05) is 13.7 Å². The van der Waals surface area contributed by atoms with Gasteiger partial charge in [0, 0.05) is 26.2 Å². The molecule has 0 radical (unpaired) electrons. The third-order valence-corrected chi connectivity index (χ3v) is 4.05. The topological polar surface area (TPSA) is 35.2 Å². The minimum atomic E-state index is 0.409. The van der Waals surface area contributed by atoms with Crippen molar-refractivity contribution in [1.82, 2.24) is 19.2 Å². The van der Waals surface area contributed by atoms with E-state index in [2.05, 4.69) is 48.1 Å². The van der Waals surface area contributed by atoms with Gasteiger partial charge < -0.3 is 9.30 Å². The highest BCUT2D eigenvalue weighted by molar-refractivity contribution is 7.71. The highest BCUT2D eigenvalue weighted by atomic mass is 32.1. The molecule has 0 unspecified atom stereocenters. The third kappa shape index (κ3) is 4.50.